The summed E-state index contributed by atoms with van der Waals surface area (Å²) in [5.41, 5.74) is 1.67. The monoisotopic (exact) mass is 375 g/mol. The molecule has 0 atom stereocenters. The predicted octanol–water partition coefficient (Wildman–Crippen LogP) is 5.46. The van der Waals surface area contributed by atoms with Crippen LogP contribution in [0.25, 0.3) is 0 Å². The summed E-state index contributed by atoms with van der Waals surface area (Å²) >= 11 is 14.7. The van der Waals surface area contributed by atoms with Gasteiger partial charge in [0.1, 0.15) is 0 Å². The zero-order valence-corrected chi connectivity index (χ0v) is 13.4. The molecular formula is C14H9BrCl2FNO. The molecule has 1 amide bonds. The van der Waals surface area contributed by atoms with Gasteiger partial charge in [-0.2, -0.15) is 0 Å². The lowest BCUT2D eigenvalue weighted by Gasteiger charge is -2.09. The molecule has 0 saturated heterocycles. The van der Waals surface area contributed by atoms with Crippen LogP contribution in [-0.4, -0.2) is 5.91 Å². The Kier molecular flexibility index (Phi) is 4.68. The van der Waals surface area contributed by atoms with E-state index in [2.05, 4.69) is 21.2 Å². The van der Waals surface area contributed by atoms with Crippen LogP contribution in [0, 0.1) is 12.7 Å². The van der Waals surface area contributed by atoms with E-state index in [0.29, 0.717) is 11.3 Å². The standard InChI is InChI=1S/C14H9BrCl2FNO/c1-7-2-3-8(15)4-10(7)14(20)19-9-5-11(16)13(18)12(17)6-9/h2-6H,1H3,(H,19,20). The van der Waals surface area contributed by atoms with Crippen molar-refractivity contribution in [1.29, 1.82) is 0 Å². The van der Waals surface area contributed by atoms with E-state index in [1.54, 1.807) is 6.07 Å². The van der Waals surface area contributed by atoms with Crippen molar-refractivity contribution in [2.45, 2.75) is 6.92 Å². The zero-order chi connectivity index (χ0) is 14.9. The van der Waals surface area contributed by atoms with Crippen LogP contribution in [0.2, 0.25) is 10.0 Å². The SMILES string of the molecule is Cc1ccc(Br)cc1C(=O)Nc1cc(Cl)c(F)c(Cl)c1. The molecule has 6 heteroatoms. The number of anilines is 1. The van der Waals surface area contributed by atoms with Gasteiger partial charge in [-0.25, -0.2) is 4.39 Å². The van der Waals surface area contributed by atoms with Gasteiger partial charge in [0.2, 0.25) is 0 Å². The number of benzene rings is 2. The van der Waals surface area contributed by atoms with E-state index in [9.17, 15) is 9.18 Å². The second kappa shape index (κ2) is 6.12. The predicted molar refractivity (Wildman–Crippen MR) is 83.3 cm³/mol. The van der Waals surface area contributed by atoms with Gasteiger partial charge in [0.05, 0.1) is 10.0 Å². The van der Waals surface area contributed by atoms with E-state index in [0.717, 1.165) is 10.0 Å². The van der Waals surface area contributed by atoms with Crippen LogP contribution in [0.4, 0.5) is 10.1 Å². The van der Waals surface area contributed by atoms with Crippen molar-refractivity contribution in [2.75, 3.05) is 5.32 Å². The van der Waals surface area contributed by atoms with E-state index in [-0.39, 0.29) is 16.0 Å². The molecule has 2 aromatic rings. The molecule has 0 aliphatic rings. The van der Waals surface area contributed by atoms with E-state index in [1.807, 2.05) is 19.1 Å². The third-order valence-electron chi connectivity index (χ3n) is 2.69. The highest BCUT2D eigenvalue weighted by atomic mass is 79.9. The van der Waals surface area contributed by atoms with Gasteiger partial charge in [0.25, 0.3) is 5.91 Å². The van der Waals surface area contributed by atoms with Crippen molar-refractivity contribution in [1.82, 2.24) is 0 Å². The van der Waals surface area contributed by atoms with Crippen molar-refractivity contribution >= 4 is 50.7 Å². The Bertz CT molecular complexity index is 668. The average molecular weight is 377 g/mol. The first-order valence-electron chi connectivity index (χ1n) is 5.60. The zero-order valence-electron chi connectivity index (χ0n) is 10.3. The Morgan fingerprint density at radius 3 is 2.40 bits per heavy atom. The average Bonchev–Trinajstić information content (AvgIpc) is 2.38. The van der Waals surface area contributed by atoms with Gasteiger partial charge in [0, 0.05) is 15.7 Å². The van der Waals surface area contributed by atoms with Gasteiger partial charge >= 0.3 is 0 Å². The fraction of sp³-hybridized carbons (Fsp3) is 0.0714. The first kappa shape index (κ1) is 15.3. The van der Waals surface area contributed by atoms with Crippen LogP contribution in [0.5, 0.6) is 0 Å². The number of amides is 1. The van der Waals surface area contributed by atoms with Crippen molar-refractivity contribution in [3.05, 3.63) is 61.8 Å². The topological polar surface area (TPSA) is 29.1 Å². The third-order valence-corrected chi connectivity index (χ3v) is 3.73. The highest BCUT2D eigenvalue weighted by Gasteiger charge is 2.13. The molecule has 104 valence electrons. The highest BCUT2D eigenvalue weighted by Crippen LogP contribution is 2.28. The molecule has 0 bridgehead atoms. The van der Waals surface area contributed by atoms with Crippen LogP contribution < -0.4 is 5.32 Å². The fourth-order valence-electron chi connectivity index (χ4n) is 1.66. The van der Waals surface area contributed by atoms with Gasteiger partial charge < -0.3 is 5.32 Å². The third kappa shape index (κ3) is 3.32. The van der Waals surface area contributed by atoms with Crippen LogP contribution in [0.3, 0.4) is 0 Å². The number of carbonyl (C=O) groups excluding carboxylic acids is 1. The molecule has 0 unspecified atom stereocenters. The molecule has 0 aliphatic heterocycles. The maximum Gasteiger partial charge on any atom is 0.255 e. The quantitative estimate of drug-likeness (QED) is 0.693. The molecule has 2 aromatic carbocycles. The first-order valence-corrected chi connectivity index (χ1v) is 7.15. The lowest BCUT2D eigenvalue weighted by Crippen LogP contribution is -2.13. The minimum absolute atomic E-state index is 0.140. The summed E-state index contributed by atoms with van der Waals surface area (Å²) in [7, 11) is 0. The summed E-state index contributed by atoms with van der Waals surface area (Å²) in [6.45, 7) is 1.83. The van der Waals surface area contributed by atoms with Crippen LogP contribution >= 0.6 is 39.1 Å². The smallest absolute Gasteiger partial charge is 0.255 e. The molecule has 0 aromatic heterocycles. The molecule has 1 N–H and O–H groups in total. The number of rotatable bonds is 2. The summed E-state index contributed by atoms with van der Waals surface area (Å²) in [4.78, 5) is 12.2. The van der Waals surface area contributed by atoms with Crippen molar-refractivity contribution < 1.29 is 9.18 Å². The van der Waals surface area contributed by atoms with Crippen molar-refractivity contribution in [2.24, 2.45) is 0 Å². The fourth-order valence-corrected chi connectivity index (χ4v) is 2.51. The maximum atomic E-state index is 13.3. The molecule has 0 spiro atoms. The number of aryl methyl sites for hydroxylation is 1. The normalized spacial score (nSPS) is 10.4. The molecular weight excluding hydrogens is 368 g/mol. The van der Waals surface area contributed by atoms with Crippen molar-refractivity contribution in [3.63, 3.8) is 0 Å². The maximum absolute atomic E-state index is 13.3. The summed E-state index contributed by atoms with van der Waals surface area (Å²) < 4.78 is 14.1. The van der Waals surface area contributed by atoms with E-state index in [1.165, 1.54) is 12.1 Å². The van der Waals surface area contributed by atoms with Crippen LogP contribution in [-0.2, 0) is 0 Å². The molecule has 2 nitrogen and oxygen atoms in total. The Morgan fingerprint density at radius 2 is 1.80 bits per heavy atom. The number of halogens is 4. The van der Waals surface area contributed by atoms with Gasteiger partial charge in [-0.05, 0) is 36.8 Å². The van der Waals surface area contributed by atoms with E-state index < -0.39 is 5.82 Å². The highest BCUT2D eigenvalue weighted by molar-refractivity contribution is 9.10. The number of nitrogens with one attached hydrogen (secondary N) is 1. The van der Waals surface area contributed by atoms with Gasteiger partial charge in [-0.15, -0.1) is 0 Å². The number of carbonyl (C=O) groups is 1. The molecule has 0 radical (unpaired) electrons. The second-order valence-electron chi connectivity index (χ2n) is 4.17. The molecule has 2 rings (SSSR count). The molecule has 0 heterocycles. The second-order valence-corrected chi connectivity index (χ2v) is 5.90. The van der Waals surface area contributed by atoms with E-state index >= 15 is 0 Å². The summed E-state index contributed by atoms with van der Waals surface area (Å²) in [6.07, 6.45) is 0. The van der Waals surface area contributed by atoms with Crippen molar-refractivity contribution in [3.8, 4) is 0 Å². The Morgan fingerprint density at radius 1 is 1.20 bits per heavy atom. The Balaban J connectivity index is 2.30. The number of hydrogen-bond acceptors (Lipinski definition) is 1. The number of hydrogen-bond donors (Lipinski definition) is 1. The molecule has 20 heavy (non-hydrogen) atoms. The van der Waals surface area contributed by atoms with Gasteiger partial charge in [-0.1, -0.05) is 45.2 Å². The largest absolute Gasteiger partial charge is 0.322 e. The van der Waals surface area contributed by atoms with Gasteiger partial charge in [-0.3, -0.25) is 4.79 Å². The minimum atomic E-state index is -0.704. The van der Waals surface area contributed by atoms with E-state index in [4.69, 9.17) is 23.2 Å². The first-order chi connectivity index (χ1) is 9.38. The lowest BCUT2D eigenvalue weighted by molar-refractivity contribution is 0.102. The summed E-state index contributed by atoms with van der Waals surface area (Å²) in [5.74, 6) is -1.02. The molecule has 0 saturated carbocycles. The Hall–Kier alpha value is -1.10. The molecule has 0 aliphatic carbocycles. The summed E-state index contributed by atoms with van der Waals surface area (Å²) in [6, 6.07) is 8.00. The van der Waals surface area contributed by atoms with Crippen LogP contribution in [0.1, 0.15) is 15.9 Å². The Labute approximate surface area is 134 Å². The van der Waals surface area contributed by atoms with Crippen LogP contribution in [0.15, 0.2) is 34.8 Å². The summed E-state index contributed by atoms with van der Waals surface area (Å²) in [5, 5.41) is 2.36. The minimum Gasteiger partial charge on any atom is -0.322 e. The molecule has 0 fully saturated rings. The van der Waals surface area contributed by atoms with Gasteiger partial charge in [0.15, 0.2) is 5.82 Å². The lowest BCUT2D eigenvalue weighted by atomic mass is 10.1.